The van der Waals surface area contributed by atoms with Crippen molar-refractivity contribution in [3.63, 3.8) is 0 Å². The van der Waals surface area contributed by atoms with E-state index in [1.54, 1.807) is 0 Å². The molecule has 0 unspecified atom stereocenters. The molecule has 0 aromatic heterocycles. The Morgan fingerprint density at radius 2 is 1.65 bits per heavy atom. The van der Waals surface area contributed by atoms with E-state index in [1.165, 1.54) is 25.7 Å². The molecule has 0 heterocycles. The molecule has 2 heteroatoms. The van der Waals surface area contributed by atoms with Crippen molar-refractivity contribution >= 4 is 0 Å². The Balaban J connectivity index is 1.77. The Kier molecular flexibility index (Phi) is 4.43. The lowest BCUT2D eigenvalue weighted by Crippen LogP contribution is -2.40. The van der Waals surface area contributed by atoms with Crippen LogP contribution in [-0.4, -0.2) is 12.1 Å². The third-order valence-electron chi connectivity index (χ3n) is 3.71. The predicted octanol–water partition coefficient (Wildman–Crippen LogP) is 3.51. The van der Waals surface area contributed by atoms with Crippen LogP contribution < -0.4 is 10.5 Å². The van der Waals surface area contributed by atoms with Gasteiger partial charge in [-0.05, 0) is 31.4 Å². The molecule has 0 radical (unpaired) electrons. The third-order valence-corrected chi connectivity index (χ3v) is 3.71. The molecule has 94 valence electrons. The number of ether oxygens (including phenoxy) is 1. The van der Waals surface area contributed by atoms with Crippen LogP contribution in [0.15, 0.2) is 30.3 Å². The van der Waals surface area contributed by atoms with E-state index in [1.807, 2.05) is 30.3 Å². The summed E-state index contributed by atoms with van der Waals surface area (Å²) in [6.07, 6.45) is 8.54. The van der Waals surface area contributed by atoms with Gasteiger partial charge >= 0.3 is 0 Å². The highest BCUT2D eigenvalue weighted by Gasteiger charge is 2.25. The lowest BCUT2D eigenvalue weighted by molar-refractivity contribution is 0.241. The maximum Gasteiger partial charge on any atom is 0.119 e. The zero-order valence-corrected chi connectivity index (χ0v) is 10.5. The first-order valence-corrected chi connectivity index (χ1v) is 6.75. The van der Waals surface area contributed by atoms with Crippen LogP contribution in [0.4, 0.5) is 0 Å². The van der Waals surface area contributed by atoms with Crippen molar-refractivity contribution in [1.29, 1.82) is 0 Å². The number of rotatable bonds is 4. The third kappa shape index (κ3) is 4.04. The number of hydrogen-bond donors (Lipinski definition) is 1. The maximum atomic E-state index is 6.44. The van der Waals surface area contributed by atoms with Crippen molar-refractivity contribution in [2.75, 3.05) is 6.61 Å². The van der Waals surface area contributed by atoms with Crippen molar-refractivity contribution in [3.05, 3.63) is 30.3 Å². The molecular weight excluding hydrogens is 210 g/mol. The van der Waals surface area contributed by atoms with Gasteiger partial charge < -0.3 is 10.5 Å². The van der Waals surface area contributed by atoms with E-state index in [4.69, 9.17) is 10.5 Å². The largest absolute Gasteiger partial charge is 0.494 e. The van der Waals surface area contributed by atoms with Crippen LogP contribution in [0.5, 0.6) is 5.75 Å². The summed E-state index contributed by atoms with van der Waals surface area (Å²) in [4.78, 5) is 0. The normalized spacial score (nSPS) is 19.6. The van der Waals surface area contributed by atoms with Gasteiger partial charge in [-0.3, -0.25) is 0 Å². The standard InChI is InChI=1S/C15H23NO/c16-15(10-6-1-2-7-11-15)12-13-17-14-8-4-3-5-9-14/h3-5,8-9H,1-2,6-7,10-13,16H2. The zero-order valence-electron chi connectivity index (χ0n) is 10.5. The van der Waals surface area contributed by atoms with Crippen molar-refractivity contribution in [2.45, 2.75) is 50.5 Å². The molecule has 2 N–H and O–H groups in total. The molecule has 1 aliphatic carbocycles. The van der Waals surface area contributed by atoms with E-state index in [-0.39, 0.29) is 5.54 Å². The highest BCUT2D eigenvalue weighted by atomic mass is 16.5. The van der Waals surface area contributed by atoms with Gasteiger partial charge in [0.1, 0.15) is 5.75 Å². The van der Waals surface area contributed by atoms with Crippen LogP contribution in [0.2, 0.25) is 0 Å². The van der Waals surface area contributed by atoms with Gasteiger partial charge in [0.25, 0.3) is 0 Å². The first kappa shape index (κ1) is 12.4. The average molecular weight is 233 g/mol. The van der Waals surface area contributed by atoms with Crippen molar-refractivity contribution in [1.82, 2.24) is 0 Å². The van der Waals surface area contributed by atoms with Crippen molar-refractivity contribution in [2.24, 2.45) is 5.73 Å². The van der Waals surface area contributed by atoms with Crippen LogP contribution in [-0.2, 0) is 0 Å². The second kappa shape index (κ2) is 6.06. The summed E-state index contributed by atoms with van der Waals surface area (Å²) >= 11 is 0. The molecule has 17 heavy (non-hydrogen) atoms. The molecule has 2 rings (SSSR count). The van der Waals surface area contributed by atoms with Gasteiger partial charge in [-0.2, -0.15) is 0 Å². The molecule has 1 saturated carbocycles. The zero-order chi connectivity index (χ0) is 12.0. The van der Waals surface area contributed by atoms with E-state index in [2.05, 4.69) is 0 Å². The molecule has 0 bridgehead atoms. The van der Waals surface area contributed by atoms with E-state index >= 15 is 0 Å². The Morgan fingerprint density at radius 1 is 1.00 bits per heavy atom. The number of hydrogen-bond acceptors (Lipinski definition) is 2. The minimum absolute atomic E-state index is 0.0191. The second-order valence-electron chi connectivity index (χ2n) is 5.19. The monoisotopic (exact) mass is 233 g/mol. The summed E-state index contributed by atoms with van der Waals surface area (Å²) in [5.74, 6) is 0.949. The summed E-state index contributed by atoms with van der Waals surface area (Å²) in [6, 6.07) is 9.99. The molecular formula is C15H23NO. The first-order chi connectivity index (χ1) is 8.29. The molecule has 1 aliphatic rings. The highest BCUT2D eigenvalue weighted by Crippen LogP contribution is 2.27. The second-order valence-corrected chi connectivity index (χ2v) is 5.19. The Bertz CT molecular complexity index is 315. The van der Waals surface area contributed by atoms with Gasteiger partial charge in [-0.15, -0.1) is 0 Å². The van der Waals surface area contributed by atoms with Crippen LogP contribution in [0, 0.1) is 0 Å². The van der Waals surface area contributed by atoms with Crippen LogP contribution in [0.25, 0.3) is 0 Å². The number of nitrogens with two attached hydrogens (primary N) is 1. The quantitative estimate of drug-likeness (QED) is 0.808. The fourth-order valence-corrected chi connectivity index (χ4v) is 2.57. The molecule has 0 amide bonds. The molecule has 2 nitrogen and oxygen atoms in total. The molecule has 1 aromatic rings. The number of benzene rings is 1. The fraction of sp³-hybridized carbons (Fsp3) is 0.600. The van der Waals surface area contributed by atoms with Gasteiger partial charge in [0, 0.05) is 5.54 Å². The first-order valence-electron chi connectivity index (χ1n) is 6.75. The average Bonchev–Trinajstić information content (AvgIpc) is 2.56. The Labute approximate surface area is 104 Å². The topological polar surface area (TPSA) is 35.2 Å². The van der Waals surface area contributed by atoms with Crippen molar-refractivity contribution < 1.29 is 4.74 Å². The molecule has 1 aromatic carbocycles. The van der Waals surface area contributed by atoms with Gasteiger partial charge in [0.2, 0.25) is 0 Å². The molecule has 0 saturated heterocycles. The van der Waals surface area contributed by atoms with Crippen LogP contribution in [0.3, 0.4) is 0 Å². The lowest BCUT2D eigenvalue weighted by Gasteiger charge is -2.27. The Hall–Kier alpha value is -1.02. The molecule has 1 fully saturated rings. The molecule has 0 aliphatic heterocycles. The Morgan fingerprint density at radius 3 is 2.29 bits per heavy atom. The van der Waals surface area contributed by atoms with Gasteiger partial charge in [0.15, 0.2) is 0 Å². The van der Waals surface area contributed by atoms with Gasteiger partial charge in [-0.1, -0.05) is 43.9 Å². The summed E-state index contributed by atoms with van der Waals surface area (Å²) < 4.78 is 5.73. The lowest BCUT2D eigenvalue weighted by atomic mass is 9.88. The predicted molar refractivity (Wildman–Crippen MR) is 71.2 cm³/mol. The summed E-state index contributed by atoms with van der Waals surface area (Å²) in [5.41, 5.74) is 6.46. The smallest absolute Gasteiger partial charge is 0.119 e. The van der Waals surface area contributed by atoms with E-state index in [0.717, 1.165) is 31.6 Å². The minimum atomic E-state index is 0.0191. The highest BCUT2D eigenvalue weighted by molar-refractivity contribution is 5.20. The summed E-state index contributed by atoms with van der Waals surface area (Å²) in [6.45, 7) is 0.737. The van der Waals surface area contributed by atoms with Crippen LogP contribution in [0.1, 0.15) is 44.9 Å². The number of para-hydroxylation sites is 1. The van der Waals surface area contributed by atoms with E-state index in [0.29, 0.717) is 0 Å². The minimum Gasteiger partial charge on any atom is -0.494 e. The summed E-state index contributed by atoms with van der Waals surface area (Å²) in [5, 5.41) is 0. The van der Waals surface area contributed by atoms with E-state index < -0.39 is 0 Å². The van der Waals surface area contributed by atoms with Crippen molar-refractivity contribution in [3.8, 4) is 5.75 Å². The maximum absolute atomic E-state index is 6.44. The van der Waals surface area contributed by atoms with Gasteiger partial charge in [0.05, 0.1) is 6.61 Å². The molecule has 0 atom stereocenters. The summed E-state index contributed by atoms with van der Waals surface area (Å²) in [7, 11) is 0. The van der Waals surface area contributed by atoms with Crippen LogP contribution >= 0.6 is 0 Å². The molecule has 0 spiro atoms. The fourth-order valence-electron chi connectivity index (χ4n) is 2.57. The van der Waals surface area contributed by atoms with Gasteiger partial charge in [-0.25, -0.2) is 0 Å². The van der Waals surface area contributed by atoms with E-state index in [9.17, 15) is 0 Å². The SMILES string of the molecule is NC1(CCOc2ccccc2)CCCCCC1.